The van der Waals surface area contributed by atoms with Gasteiger partial charge in [-0.2, -0.15) is 0 Å². The highest BCUT2D eigenvalue weighted by atomic mass is 19.1. The van der Waals surface area contributed by atoms with E-state index in [-0.39, 0.29) is 18.1 Å². The Morgan fingerprint density at radius 1 is 0.846 bits per heavy atom. The Bertz CT molecular complexity index is 851. The molecule has 0 bridgehead atoms. The zero-order valence-corrected chi connectivity index (χ0v) is 14.1. The third-order valence-corrected chi connectivity index (χ3v) is 3.62. The van der Waals surface area contributed by atoms with E-state index in [9.17, 15) is 9.18 Å². The first-order valence-corrected chi connectivity index (χ1v) is 8.31. The van der Waals surface area contributed by atoms with Gasteiger partial charge < -0.3 is 15.4 Å². The van der Waals surface area contributed by atoms with Crippen molar-refractivity contribution in [2.45, 2.75) is 6.42 Å². The summed E-state index contributed by atoms with van der Waals surface area (Å²) in [5.74, 6) is 0.971. The first-order valence-electron chi connectivity index (χ1n) is 8.31. The van der Waals surface area contributed by atoms with Crippen LogP contribution < -0.4 is 15.4 Å². The number of para-hydroxylation sites is 1. The van der Waals surface area contributed by atoms with Crippen molar-refractivity contribution in [3.63, 3.8) is 0 Å². The molecule has 0 saturated heterocycles. The van der Waals surface area contributed by atoms with Crippen molar-refractivity contribution in [1.82, 2.24) is 0 Å². The van der Waals surface area contributed by atoms with Gasteiger partial charge in [0.1, 0.15) is 17.3 Å². The maximum absolute atomic E-state index is 13.1. The fourth-order valence-corrected chi connectivity index (χ4v) is 2.38. The lowest BCUT2D eigenvalue weighted by Crippen LogP contribution is -2.16. The number of hydrogen-bond donors (Lipinski definition) is 2. The highest BCUT2D eigenvalue weighted by Crippen LogP contribution is 2.22. The van der Waals surface area contributed by atoms with Gasteiger partial charge in [0.25, 0.3) is 0 Å². The maximum atomic E-state index is 13.1. The Kier molecular flexibility index (Phi) is 5.83. The molecule has 3 aromatic carbocycles. The van der Waals surface area contributed by atoms with Crippen molar-refractivity contribution in [1.29, 1.82) is 0 Å². The highest BCUT2D eigenvalue weighted by Gasteiger charge is 2.03. The molecule has 0 heterocycles. The minimum absolute atomic E-state index is 0.174. The summed E-state index contributed by atoms with van der Waals surface area (Å²) in [7, 11) is 0. The average Bonchev–Trinajstić information content (AvgIpc) is 2.64. The minimum Gasteiger partial charge on any atom is -0.457 e. The van der Waals surface area contributed by atoms with E-state index in [0.717, 1.165) is 17.2 Å². The van der Waals surface area contributed by atoms with Crippen LogP contribution in [0.4, 0.5) is 15.8 Å². The zero-order chi connectivity index (χ0) is 18.2. The largest absolute Gasteiger partial charge is 0.457 e. The molecule has 0 aliphatic rings. The van der Waals surface area contributed by atoms with Gasteiger partial charge in [0.2, 0.25) is 5.91 Å². The molecule has 0 spiro atoms. The van der Waals surface area contributed by atoms with Gasteiger partial charge in [-0.15, -0.1) is 0 Å². The third kappa shape index (κ3) is 5.34. The normalized spacial score (nSPS) is 10.2. The summed E-state index contributed by atoms with van der Waals surface area (Å²) < 4.78 is 18.8. The summed E-state index contributed by atoms with van der Waals surface area (Å²) in [5.41, 5.74) is 1.35. The molecule has 0 aliphatic heterocycles. The van der Waals surface area contributed by atoms with E-state index < -0.39 is 0 Å². The first-order chi connectivity index (χ1) is 12.7. The molecule has 132 valence electrons. The summed E-state index contributed by atoms with van der Waals surface area (Å²) in [6, 6.07) is 22.9. The van der Waals surface area contributed by atoms with Gasteiger partial charge in [0, 0.05) is 24.3 Å². The molecule has 4 nitrogen and oxygen atoms in total. The van der Waals surface area contributed by atoms with Crippen LogP contribution in [0.25, 0.3) is 0 Å². The molecular weight excluding hydrogens is 331 g/mol. The van der Waals surface area contributed by atoms with Crippen LogP contribution in [0.5, 0.6) is 11.5 Å². The predicted molar refractivity (Wildman–Crippen MR) is 101 cm³/mol. The summed E-state index contributed by atoms with van der Waals surface area (Å²) in [4.78, 5) is 11.9. The molecule has 0 fully saturated rings. The summed E-state index contributed by atoms with van der Waals surface area (Å²) in [6.07, 6.45) is 0.277. The minimum atomic E-state index is -0.376. The zero-order valence-electron chi connectivity index (χ0n) is 14.1. The Morgan fingerprint density at radius 2 is 1.58 bits per heavy atom. The second-order valence-corrected chi connectivity index (χ2v) is 5.67. The number of hydrogen-bond acceptors (Lipinski definition) is 3. The highest BCUT2D eigenvalue weighted by molar-refractivity contribution is 5.90. The molecule has 1 amide bonds. The Hall–Kier alpha value is -3.34. The predicted octanol–water partition coefficient (Wildman–Crippen LogP) is 5.06. The van der Waals surface area contributed by atoms with Crippen LogP contribution >= 0.6 is 0 Å². The van der Waals surface area contributed by atoms with E-state index in [1.807, 2.05) is 54.6 Å². The Balaban J connectivity index is 1.44. The lowest BCUT2D eigenvalue weighted by molar-refractivity contribution is -0.115. The van der Waals surface area contributed by atoms with Crippen LogP contribution in [-0.2, 0) is 4.79 Å². The molecule has 0 unspecified atom stereocenters. The number of amides is 1. The monoisotopic (exact) mass is 350 g/mol. The number of rotatable bonds is 7. The van der Waals surface area contributed by atoms with Crippen molar-refractivity contribution in [2.24, 2.45) is 0 Å². The molecule has 0 aromatic heterocycles. The Labute approximate surface area is 151 Å². The Morgan fingerprint density at radius 3 is 2.31 bits per heavy atom. The van der Waals surface area contributed by atoms with E-state index in [1.165, 1.54) is 12.1 Å². The fourth-order valence-electron chi connectivity index (χ4n) is 2.38. The number of carbonyl (C=O) groups excluding carboxylic acids is 1. The average molecular weight is 350 g/mol. The number of carbonyl (C=O) groups is 1. The standard InChI is InChI=1S/C21H19FN2O2/c22-16-5-4-6-18(15-16)24-21(25)13-14-23-17-9-11-20(12-10-17)26-19-7-2-1-3-8-19/h1-12,15,23H,13-14H2,(H,24,25). The van der Waals surface area contributed by atoms with Crippen LogP contribution in [0.3, 0.4) is 0 Å². The molecule has 0 radical (unpaired) electrons. The van der Waals surface area contributed by atoms with Crippen molar-refractivity contribution in [3.05, 3.63) is 84.7 Å². The lowest BCUT2D eigenvalue weighted by atomic mass is 10.2. The molecule has 3 rings (SSSR count). The second kappa shape index (κ2) is 8.67. The van der Waals surface area contributed by atoms with Gasteiger partial charge in [0.05, 0.1) is 0 Å². The SMILES string of the molecule is O=C(CCNc1ccc(Oc2ccccc2)cc1)Nc1cccc(F)c1. The number of ether oxygens (including phenoxy) is 1. The number of anilines is 2. The van der Waals surface area contributed by atoms with Crippen LogP contribution in [0.15, 0.2) is 78.9 Å². The maximum Gasteiger partial charge on any atom is 0.226 e. The number of nitrogens with one attached hydrogen (secondary N) is 2. The van der Waals surface area contributed by atoms with Gasteiger partial charge in [-0.3, -0.25) is 4.79 Å². The van der Waals surface area contributed by atoms with Crippen LogP contribution in [-0.4, -0.2) is 12.5 Å². The molecular formula is C21H19FN2O2. The first kappa shape index (κ1) is 17.5. The van der Waals surface area contributed by atoms with Gasteiger partial charge >= 0.3 is 0 Å². The van der Waals surface area contributed by atoms with E-state index in [2.05, 4.69) is 10.6 Å². The third-order valence-electron chi connectivity index (χ3n) is 3.62. The number of benzene rings is 3. The van der Waals surface area contributed by atoms with Crippen molar-refractivity contribution >= 4 is 17.3 Å². The molecule has 0 saturated carbocycles. The molecule has 0 atom stereocenters. The number of halogens is 1. The molecule has 0 aliphatic carbocycles. The fraction of sp³-hybridized carbons (Fsp3) is 0.0952. The van der Waals surface area contributed by atoms with Crippen molar-refractivity contribution in [2.75, 3.05) is 17.2 Å². The second-order valence-electron chi connectivity index (χ2n) is 5.67. The molecule has 3 aromatic rings. The van der Waals surface area contributed by atoms with Crippen molar-refractivity contribution in [3.8, 4) is 11.5 Å². The molecule has 5 heteroatoms. The lowest BCUT2D eigenvalue weighted by Gasteiger charge is -2.09. The van der Waals surface area contributed by atoms with E-state index in [4.69, 9.17) is 4.74 Å². The van der Waals surface area contributed by atoms with Crippen molar-refractivity contribution < 1.29 is 13.9 Å². The van der Waals surface area contributed by atoms with E-state index in [0.29, 0.717) is 12.2 Å². The summed E-state index contributed by atoms with van der Waals surface area (Å²) in [6.45, 7) is 0.472. The molecule has 26 heavy (non-hydrogen) atoms. The van der Waals surface area contributed by atoms with Crippen LogP contribution in [0.1, 0.15) is 6.42 Å². The topological polar surface area (TPSA) is 50.4 Å². The van der Waals surface area contributed by atoms with Gasteiger partial charge in [0.15, 0.2) is 0 Å². The summed E-state index contributed by atoms with van der Waals surface area (Å²) >= 11 is 0. The molecule has 2 N–H and O–H groups in total. The van der Waals surface area contributed by atoms with E-state index in [1.54, 1.807) is 12.1 Å². The van der Waals surface area contributed by atoms with Crippen LogP contribution in [0, 0.1) is 5.82 Å². The van der Waals surface area contributed by atoms with Crippen LogP contribution in [0.2, 0.25) is 0 Å². The van der Waals surface area contributed by atoms with Gasteiger partial charge in [-0.1, -0.05) is 24.3 Å². The van der Waals surface area contributed by atoms with E-state index >= 15 is 0 Å². The quantitative estimate of drug-likeness (QED) is 0.626. The smallest absolute Gasteiger partial charge is 0.226 e. The summed E-state index contributed by atoms with van der Waals surface area (Å²) in [5, 5.41) is 5.84. The van der Waals surface area contributed by atoms with Gasteiger partial charge in [-0.25, -0.2) is 4.39 Å². The van der Waals surface area contributed by atoms with Gasteiger partial charge in [-0.05, 0) is 54.6 Å².